The van der Waals surface area contributed by atoms with Crippen molar-refractivity contribution in [2.75, 3.05) is 19.8 Å². The summed E-state index contributed by atoms with van der Waals surface area (Å²) in [6.07, 6.45) is 17.6. The van der Waals surface area contributed by atoms with Crippen molar-refractivity contribution < 1.29 is 0 Å². The third kappa shape index (κ3) is 2.81. The van der Waals surface area contributed by atoms with Gasteiger partial charge in [-0.25, -0.2) is 0 Å². The van der Waals surface area contributed by atoms with Crippen molar-refractivity contribution in [3.05, 3.63) is 12.4 Å². The molecule has 2 saturated carbocycles. The van der Waals surface area contributed by atoms with E-state index in [4.69, 9.17) is 0 Å². The van der Waals surface area contributed by atoms with Gasteiger partial charge in [-0.1, -0.05) is 32.1 Å². The molecule has 1 saturated heterocycles. The number of fused-ring (bicyclic) bond motifs is 1. The summed E-state index contributed by atoms with van der Waals surface area (Å²) in [6, 6.07) is 1.70. The second kappa shape index (κ2) is 6.20. The van der Waals surface area contributed by atoms with Gasteiger partial charge in [0.15, 0.2) is 0 Å². The molecule has 0 bridgehead atoms. The molecule has 21 heavy (non-hydrogen) atoms. The minimum Gasteiger partial charge on any atom is -0.373 e. The molecule has 0 aromatic carbocycles. The second-order valence-corrected chi connectivity index (χ2v) is 7.67. The number of hydrogen-bond acceptors (Lipinski definition) is 3. The Morgan fingerprint density at radius 3 is 2.48 bits per heavy atom. The molecule has 3 nitrogen and oxygen atoms in total. The van der Waals surface area contributed by atoms with Gasteiger partial charge in [0, 0.05) is 37.6 Å². The van der Waals surface area contributed by atoms with Crippen LogP contribution in [0.5, 0.6) is 0 Å². The minimum absolute atomic E-state index is 0.776. The lowest BCUT2D eigenvalue weighted by atomic mass is 9.67. The summed E-state index contributed by atoms with van der Waals surface area (Å²) in [5, 5.41) is 3.31. The molecule has 0 aromatic rings. The summed E-state index contributed by atoms with van der Waals surface area (Å²) < 4.78 is 0. The third-order valence-corrected chi connectivity index (χ3v) is 6.63. The molecule has 1 N–H and O–H groups in total. The maximum atomic E-state index is 3.31. The zero-order chi connectivity index (χ0) is 14.1. The van der Waals surface area contributed by atoms with Crippen LogP contribution >= 0.6 is 0 Å². The van der Waals surface area contributed by atoms with Crippen molar-refractivity contribution in [1.29, 1.82) is 0 Å². The summed E-state index contributed by atoms with van der Waals surface area (Å²) in [5.74, 6) is 2.11. The molecule has 4 rings (SSSR count). The Kier molecular flexibility index (Phi) is 4.11. The van der Waals surface area contributed by atoms with E-state index in [1.165, 1.54) is 70.9 Å². The van der Waals surface area contributed by atoms with Crippen LogP contribution in [0.3, 0.4) is 0 Å². The molecule has 3 atom stereocenters. The number of likely N-dealkylation sites (tertiary alicyclic amines) is 1. The Balaban J connectivity index is 1.35. The van der Waals surface area contributed by atoms with Gasteiger partial charge in [0.2, 0.25) is 0 Å². The van der Waals surface area contributed by atoms with E-state index in [1.54, 1.807) is 0 Å². The van der Waals surface area contributed by atoms with Gasteiger partial charge in [0.1, 0.15) is 0 Å². The molecular formula is C18H31N3. The van der Waals surface area contributed by atoms with Crippen LogP contribution in [0.2, 0.25) is 0 Å². The van der Waals surface area contributed by atoms with Crippen LogP contribution in [0.4, 0.5) is 0 Å². The van der Waals surface area contributed by atoms with Gasteiger partial charge in [0.25, 0.3) is 0 Å². The molecule has 3 fully saturated rings. The molecular weight excluding hydrogens is 258 g/mol. The molecule has 0 spiro atoms. The molecule has 118 valence electrons. The van der Waals surface area contributed by atoms with E-state index >= 15 is 0 Å². The Morgan fingerprint density at radius 2 is 1.67 bits per heavy atom. The van der Waals surface area contributed by atoms with E-state index in [0.717, 1.165) is 30.6 Å². The van der Waals surface area contributed by atoms with Crippen molar-refractivity contribution in [2.45, 2.75) is 69.9 Å². The van der Waals surface area contributed by atoms with Gasteiger partial charge in [0.05, 0.1) is 6.67 Å². The van der Waals surface area contributed by atoms with Crippen molar-refractivity contribution >= 4 is 0 Å². The number of hydrogen-bond donors (Lipinski definition) is 1. The minimum atomic E-state index is 0.776. The van der Waals surface area contributed by atoms with Crippen LogP contribution in [0.15, 0.2) is 12.4 Å². The number of piperidine rings is 1. The Bertz CT molecular complexity index is 371. The highest BCUT2D eigenvalue weighted by atomic mass is 15.3. The maximum absolute atomic E-state index is 3.31. The van der Waals surface area contributed by atoms with Crippen molar-refractivity contribution in [3.63, 3.8) is 0 Å². The standard InChI is InChI=1S/C18H31N3/c1-2-6-17-15(4-1)5-3-7-18(17)20-11-8-16(9-12-20)21-13-10-19-14-21/h10,13,15-19H,1-9,11-12,14H2/t15-,17-,18-/m1/s1. The zero-order valence-electron chi connectivity index (χ0n) is 13.3. The van der Waals surface area contributed by atoms with E-state index in [0.29, 0.717) is 0 Å². The normalized spacial score (nSPS) is 38.3. The molecule has 3 heteroatoms. The number of rotatable bonds is 2. The largest absolute Gasteiger partial charge is 0.373 e. The predicted molar refractivity (Wildman–Crippen MR) is 86.7 cm³/mol. The Hall–Kier alpha value is -0.700. The number of nitrogens with zero attached hydrogens (tertiary/aromatic N) is 2. The van der Waals surface area contributed by atoms with Crippen LogP contribution in [-0.2, 0) is 0 Å². The lowest BCUT2D eigenvalue weighted by molar-refractivity contribution is 0.0167. The highest BCUT2D eigenvalue weighted by Crippen LogP contribution is 2.43. The highest BCUT2D eigenvalue weighted by Gasteiger charge is 2.39. The van der Waals surface area contributed by atoms with Gasteiger partial charge in [-0.15, -0.1) is 0 Å². The number of nitrogens with one attached hydrogen (secondary N) is 1. The maximum Gasteiger partial charge on any atom is 0.0870 e. The van der Waals surface area contributed by atoms with E-state index in [9.17, 15) is 0 Å². The smallest absolute Gasteiger partial charge is 0.0870 e. The van der Waals surface area contributed by atoms with Gasteiger partial charge in [-0.3, -0.25) is 4.90 Å². The zero-order valence-corrected chi connectivity index (χ0v) is 13.3. The predicted octanol–water partition coefficient (Wildman–Crippen LogP) is 3.14. The molecule has 0 aromatic heterocycles. The average Bonchev–Trinajstić information content (AvgIpc) is 3.09. The van der Waals surface area contributed by atoms with Crippen LogP contribution in [0.25, 0.3) is 0 Å². The first-order valence-electron chi connectivity index (χ1n) is 9.31. The topological polar surface area (TPSA) is 18.5 Å². The Morgan fingerprint density at radius 1 is 0.857 bits per heavy atom. The fourth-order valence-electron chi connectivity index (χ4n) is 5.52. The molecule has 0 amide bonds. The SMILES string of the molecule is C1=CN(C2CCN([C@@H]3CCC[C@H]4CCCC[C@H]43)CC2)CN1. The summed E-state index contributed by atoms with van der Waals surface area (Å²) in [5.41, 5.74) is 0. The van der Waals surface area contributed by atoms with Gasteiger partial charge in [-0.05, 0) is 37.5 Å². The molecule has 2 aliphatic heterocycles. The average molecular weight is 289 g/mol. The van der Waals surface area contributed by atoms with E-state index in [1.807, 2.05) is 0 Å². The quantitative estimate of drug-likeness (QED) is 0.842. The first kappa shape index (κ1) is 13.9. The lowest BCUT2D eigenvalue weighted by Gasteiger charge is -2.48. The van der Waals surface area contributed by atoms with Crippen molar-refractivity contribution in [1.82, 2.24) is 15.1 Å². The third-order valence-electron chi connectivity index (χ3n) is 6.63. The monoisotopic (exact) mass is 289 g/mol. The molecule has 0 unspecified atom stereocenters. The summed E-state index contributed by atoms with van der Waals surface area (Å²) >= 11 is 0. The molecule has 2 heterocycles. The summed E-state index contributed by atoms with van der Waals surface area (Å²) in [7, 11) is 0. The first-order chi connectivity index (χ1) is 10.4. The van der Waals surface area contributed by atoms with Crippen molar-refractivity contribution in [2.24, 2.45) is 11.8 Å². The molecule has 0 radical (unpaired) electrons. The van der Waals surface area contributed by atoms with Crippen LogP contribution in [0.1, 0.15) is 57.8 Å². The van der Waals surface area contributed by atoms with Gasteiger partial charge >= 0.3 is 0 Å². The first-order valence-corrected chi connectivity index (χ1v) is 9.31. The van der Waals surface area contributed by atoms with Crippen LogP contribution < -0.4 is 5.32 Å². The van der Waals surface area contributed by atoms with E-state index in [2.05, 4.69) is 27.5 Å². The Labute approximate surface area is 129 Å². The lowest BCUT2D eigenvalue weighted by Crippen LogP contribution is -2.52. The van der Waals surface area contributed by atoms with E-state index < -0.39 is 0 Å². The summed E-state index contributed by atoms with van der Waals surface area (Å²) in [6.45, 7) is 3.70. The van der Waals surface area contributed by atoms with Crippen molar-refractivity contribution in [3.8, 4) is 0 Å². The fourth-order valence-corrected chi connectivity index (χ4v) is 5.52. The second-order valence-electron chi connectivity index (χ2n) is 7.67. The van der Waals surface area contributed by atoms with E-state index in [-0.39, 0.29) is 0 Å². The molecule has 2 aliphatic carbocycles. The van der Waals surface area contributed by atoms with Gasteiger partial charge in [-0.2, -0.15) is 0 Å². The summed E-state index contributed by atoms with van der Waals surface area (Å²) in [4.78, 5) is 5.38. The molecule has 4 aliphatic rings. The van der Waals surface area contributed by atoms with Crippen LogP contribution in [0, 0.1) is 11.8 Å². The fraction of sp³-hybridized carbons (Fsp3) is 0.889. The highest BCUT2D eigenvalue weighted by molar-refractivity contribution is 4.96. The van der Waals surface area contributed by atoms with Gasteiger partial charge < -0.3 is 10.2 Å². The van der Waals surface area contributed by atoms with Crippen LogP contribution in [-0.4, -0.2) is 41.6 Å².